The van der Waals surface area contributed by atoms with Crippen molar-refractivity contribution in [3.63, 3.8) is 0 Å². The number of hydrogen-bond acceptors (Lipinski definition) is 4. The van der Waals surface area contributed by atoms with Gasteiger partial charge >= 0.3 is 0 Å². The van der Waals surface area contributed by atoms with E-state index in [1.54, 1.807) is 6.07 Å². The first-order valence-electron chi connectivity index (χ1n) is 9.24. The highest BCUT2D eigenvalue weighted by molar-refractivity contribution is 5.89. The van der Waals surface area contributed by atoms with Gasteiger partial charge in [0.25, 0.3) is 5.56 Å². The fraction of sp³-hybridized carbons (Fsp3) is 0.409. The lowest BCUT2D eigenvalue weighted by Gasteiger charge is -2.18. The van der Waals surface area contributed by atoms with E-state index >= 15 is 0 Å². The van der Waals surface area contributed by atoms with E-state index in [2.05, 4.69) is 19.9 Å². The van der Waals surface area contributed by atoms with Crippen LogP contribution in [0.5, 0.6) is 17.2 Å². The molecule has 2 N–H and O–H groups in total. The summed E-state index contributed by atoms with van der Waals surface area (Å²) in [5.74, 6) is -0.194. The smallest absolute Gasteiger partial charge is 0.297 e. The van der Waals surface area contributed by atoms with Gasteiger partial charge in [-0.05, 0) is 65.7 Å². The second kappa shape index (κ2) is 8.80. The van der Waals surface area contributed by atoms with Gasteiger partial charge < -0.3 is 19.5 Å². The van der Waals surface area contributed by atoms with Crippen LogP contribution in [0.2, 0.25) is 0 Å². The molecule has 0 saturated heterocycles. The minimum atomic E-state index is -0.526. The van der Waals surface area contributed by atoms with Gasteiger partial charge in [0, 0.05) is 17.5 Å². The van der Waals surface area contributed by atoms with Crippen molar-refractivity contribution in [1.82, 2.24) is 4.57 Å². The van der Waals surface area contributed by atoms with Crippen molar-refractivity contribution in [3.8, 4) is 17.2 Å². The number of ether oxygens (including phenoxy) is 1. The molecular formula is C22H29NO4. The molecule has 1 aromatic heterocycles. The van der Waals surface area contributed by atoms with Crippen molar-refractivity contribution in [1.29, 1.82) is 0 Å². The molecule has 5 heteroatoms. The third-order valence-electron chi connectivity index (χ3n) is 4.39. The Morgan fingerprint density at radius 3 is 2.52 bits per heavy atom. The molecule has 0 atom stereocenters. The predicted octanol–water partition coefficient (Wildman–Crippen LogP) is 5.07. The van der Waals surface area contributed by atoms with Gasteiger partial charge in [0.2, 0.25) is 5.75 Å². The second-order valence-corrected chi connectivity index (χ2v) is 7.33. The summed E-state index contributed by atoms with van der Waals surface area (Å²) in [7, 11) is 0. The number of nitrogens with zero attached hydrogens (tertiary/aromatic N) is 1. The molecule has 0 aliphatic rings. The molecule has 5 nitrogen and oxygen atoms in total. The number of aromatic hydroxyl groups is 2. The Morgan fingerprint density at radius 2 is 1.89 bits per heavy atom. The topological polar surface area (TPSA) is 71.7 Å². The zero-order chi connectivity index (χ0) is 20.1. The first kappa shape index (κ1) is 20.6. The van der Waals surface area contributed by atoms with E-state index in [1.807, 2.05) is 26.8 Å². The summed E-state index contributed by atoms with van der Waals surface area (Å²) in [6, 6.07) is 4.52. The maximum atomic E-state index is 12.6. The molecule has 0 bridgehead atoms. The summed E-state index contributed by atoms with van der Waals surface area (Å²) in [5.41, 5.74) is 2.49. The maximum absolute atomic E-state index is 12.6. The third kappa shape index (κ3) is 4.94. The molecule has 0 radical (unpaired) electrons. The lowest BCUT2D eigenvalue weighted by Crippen LogP contribution is -2.22. The van der Waals surface area contributed by atoms with Crippen LogP contribution >= 0.6 is 0 Å². The van der Waals surface area contributed by atoms with Gasteiger partial charge in [0.05, 0.1) is 5.52 Å². The molecule has 0 fully saturated rings. The average Bonchev–Trinajstić information content (AvgIpc) is 2.57. The summed E-state index contributed by atoms with van der Waals surface area (Å²) in [6.45, 7) is 10.2. The Kier molecular flexibility index (Phi) is 6.72. The normalized spacial score (nSPS) is 11.9. The minimum Gasteiger partial charge on any atom is -0.508 e. The van der Waals surface area contributed by atoms with Gasteiger partial charge in [-0.15, -0.1) is 0 Å². The van der Waals surface area contributed by atoms with Crippen molar-refractivity contribution in [2.75, 3.05) is 6.61 Å². The third-order valence-corrected chi connectivity index (χ3v) is 4.39. The van der Waals surface area contributed by atoms with E-state index in [9.17, 15) is 15.0 Å². The molecule has 0 saturated carbocycles. The molecule has 0 aliphatic heterocycles. The van der Waals surface area contributed by atoms with Crippen LogP contribution in [0.4, 0.5) is 0 Å². The molecular weight excluding hydrogens is 342 g/mol. The second-order valence-electron chi connectivity index (χ2n) is 7.33. The van der Waals surface area contributed by atoms with Gasteiger partial charge in [-0.3, -0.25) is 4.79 Å². The van der Waals surface area contributed by atoms with Crippen LogP contribution in [0.15, 0.2) is 46.3 Å². The SMILES string of the molecule is CC(C)=CCC/C(C)=C/COc1c(O)c(=O)n(C(C)C)c2cc(O)ccc12. The van der Waals surface area contributed by atoms with Gasteiger partial charge in [-0.2, -0.15) is 0 Å². The van der Waals surface area contributed by atoms with Crippen molar-refractivity contribution in [2.45, 2.75) is 53.5 Å². The highest BCUT2D eigenvalue weighted by Crippen LogP contribution is 2.34. The van der Waals surface area contributed by atoms with Crippen molar-refractivity contribution >= 4 is 10.9 Å². The number of fused-ring (bicyclic) bond motifs is 1. The zero-order valence-corrected chi connectivity index (χ0v) is 16.7. The van der Waals surface area contributed by atoms with Gasteiger partial charge in [0.15, 0.2) is 5.75 Å². The number of pyridine rings is 1. The Morgan fingerprint density at radius 1 is 1.19 bits per heavy atom. The lowest BCUT2D eigenvalue weighted by molar-refractivity contribution is 0.334. The largest absolute Gasteiger partial charge is 0.508 e. The summed E-state index contributed by atoms with van der Waals surface area (Å²) in [4.78, 5) is 12.6. The van der Waals surface area contributed by atoms with Crippen LogP contribution in [-0.2, 0) is 0 Å². The van der Waals surface area contributed by atoms with Crippen molar-refractivity contribution in [2.24, 2.45) is 0 Å². The quantitative estimate of drug-likeness (QED) is 0.667. The summed E-state index contributed by atoms with van der Waals surface area (Å²) in [5, 5.41) is 20.8. The summed E-state index contributed by atoms with van der Waals surface area (Å²) < 4.78 is 7.22. The first-order chi connectivity index (χ1) is 12.7. The minimum absolute atomic E-state index is 0.0583. The number of phenols is 1. The predicted molar refractivity (Wildman–Crippen MR) is 110 cm³/mol. The van der Waals surface area contributed by atoms with E-state index in [4.69, 9.17) is 4.74 Å². The summed E-state index contributed by atoms with van der Waals surface area (Å²) >= 11 is 0. The van der Waals surface area contributed by atoms with Crippen molar-refractivity contribution < 1.29 is 14.9 Å². The fourth-order valence-electron chi connectivity index (χ4n) is 2.98. The summed E-state index contributed by atoms with van der Waals surface area (Å²) in [6.07, 6.45) is 6.06. The van der Waals surface area contributed by atoms with Crippen LogP contribution < -0.4 is 10.3 Å². The maximum Gasteiger partial charge on any atom is 0.297 e. The highest BCUT2D eigenvalue weighted by atomic mass is 16.5. The van der Waals surface area contributed by atoms with Crippen LogP contribution in [0.25, 0.3) is 10.9 Å². The Balaban J connectivity index is 2.34. The van der Waals surface area contributed by atoms with Crippen LogP contribution in [0.3, 0.4) is 0 Å². The van der Waals surface area contributed by atoms with Crippen molar-refractivity contribution in [3.05, 3.63) is 51.9 Å². The number of aromatic nitrogens is 1. The number of hydrogen-bond donors (Lipinski definition) is 2. The number of rotatable bonds is 7. The number of benzene rings is 1. The van der Waals surface area contributed by atoms with E-state index in [-0.39, 0.29) is 24.1 Å². The van der Waals surface area contributed by atoms with Crippen LogP contribution in [0, 0.1) is 0 Å². The fourth-order valence-corrected chi connectivity index (χ4v) is 2.98. The lowest BCUT2D eigenvalue weighted by atomic mass is 10.1. The zero-order valence-electron chi connectivity index (χ0n) is 16.7. The Hall–Kier alpha value is -2.69. The molecule has 0 unspecified atom stereocenters. The van der Waals surface area contributed by atoms with E-state index in [0.29, 0.717) is 10.9 Å². The molecule has 146 valence electrons. The average molecular weight is 371 g/mol. The standard InChI is InChI=1S/C22H29NO4/c1-14(2)7-6-8-16(5)11-12-27-21-18-10-9-17(24)13-19(18)23(15(3)4)22(26)20(21)25/h7,9-11,13,15,24-25H,6,8,12H2,1-5H3/b16-11+. The molecule has 27 heavy (non-hydrogen) atoms. The van der Waals surface area contributed by atoms with E-state index in [1.165, 1.54) is 27.8 Å². The number of allylic oxidation sites excluding steroid dienone is 3. The molecule has 0 aliphatic carbocycles. The van der Waals surface area contributed by atoms with Gasteiger partial charge in [0.1, 0.15) is 12.4 Å². The monoisotopic (exact) mass is 371 g/mol. The van der Waals surface area contributed by atoms with E-state index in [0.717, 1.165) is 12.8 Å². The van der Waals surface area contributed by atoms with Crippen LogP contribution in [0.1, 0.15) is 53.5 Å². The Labute approximate surface area is 160 Å². The van der Waals surface area contributed by atoms with Gasteiger partial charge in [-0.1, -0.05) is 17.2 Å². The van der Waals surface area contributed by atoms with E-state index < -0.39 is 11.3 Å². The van der Waals surface area contributed by atoms with Gasteiger partial charge in [-0.25, -0.2) is 0 Å². The molecule has 0 amide bonds. The number of phenolic OH excluding ortho intramolecular Hbond substituents is 1. The molecule has 2 rings (SSSR count). The molecule has 1 heterocycles. The Bertz CT molecular complexity index is 931. The van der Waals surface area contributed by atoms with Crippen LogP contribution in [-0.4, -0.2) is 21.4 Å². The molecule has 1 aromatic carbocycles. The first-order valence-corrected chi connectivity index (χ1v) is 9.24. The molecule has 2 aromatic rings. The molecule has 0 spiro atoms. The highest BCUT2D eigenvalue weighted by Gasteiger charge is 2.19.